The van der Waals surface area contributed by atoms with Gasteiger partial charge in [-0.2, -0.15) is 0 Å². The molecule has 12 heteroatoms. The molecule has 0 saturated carbocycles. The predicted octanol–water partition coefficient (Wildman–Crippen LogP) is -0.862. The van der Waals surface area contributed by atoms with Crippen LogP contribution in [0.5, 0.6) is 0 Å². The number of ether oxygens (including phenoxy) is 3. The molecule has 170 valence electrons. The van der Waals surface area contributed by atoms with E-state index in [1.54, 1.807) is 14.2 Å². The van der Waals surface area contributed by atoms with Crippen molar-refractivity contribution in [2.75, 3.05) is 53.5 Å². The summed E-state index contributed by atoms with van der Waals surface area (Å²) in [6.07, 6.45) is 1.73. The summed E-state index contributed by atoms with van der Waals surface area (Å²) in [4.78, 5) is 25.9. The molecule has 10 nitrogen and oxygen atoms in total. The zero-order valence-corrected chi connectivity index (χ0v) is 19.2. The van der Waals surface area contributed by atoms with E-state index in [1.165, 1.54) is 0 Å². The summed E-state index contributed by atoms with van der Waals surface area (Å²) in [5, 5.41) is 18.2. The molecule has 0 bridgehead atoms. The highest BCUT2D eigenvalue weighted by atomic mass is 28.4. The summed E-state index contributed by atoms with van der Waals surface area (Å²) in [7, 11) is -3.04. The van der Waals surface area contributed by atoms with Gasteiger partial charge < -0.3 is 47.7 Å². The fourth-order valence-corrected chi connectivity index (χ4v) is 4.36. The zero-order chi connectivity index (χ0) is 21.5. The molecule has 1 rings (SSSR count). The number of rotatable bonds is 16. The summed E-state index contributed by atoms with van der Waals surface area (Å²) < 4.78 is 26.0. The molecule has 1 heterocycles. The lowest BCUT2D eigenvalue weighted by Gasteiger charge is -2.24. The average Bonchev–Trinajstić information content (AvgIpc) is 3.49. The Hall–Kier alpha value is 0.0338. The Kier molecular flexibility index (Phi) is 15.8. The van der Waals surface area contributed by atoms with Crippen LogP contribution in [-0.4, -0.2) is 108 Å². The maximum absolute atomic E-state index is 9.18. The Balaban J connectivity index is 0.000000528. The molecule has 1 aliphatic heterocycles. The quantitative estimate of drug-likeness (QED) is 0.115. The average molecular weight is 447 g/mol. The molecule has 5 N–H and O–H groups in total. The molecule has 1 saturated heterocycles. The van der Waals surface area contributed by atoms with Crippen molar-refractivity contribution in [3.05, 3.63) is 0 Å². The van der Waals surface area contributed by atoms with Crippen LogP contribution in [0, 0.1) is 0 Å². The third kappa shape index (κ3) is 15.9. The highest BCUT2D eigenvalue weighted by molar-refractivity contribution is 6.67. The van der Waals surface area contributed by atoms with Crippen LogP contribution in [0.1, 0.15) is 26.2 Å². The minimum absolute atomic E-state index is 0.00820. The number of aliphatic hydroxyl groups is 2. The van der Waals surface area contributed by atoms with E-state index >= 15 is 0 Å². The number of hydrogen-bond acceptors (Lipinski definition) is 10. The van der Waals surface area contributed by atoms with Gasteiger partial charge in [-0.15, -0.1) is 0 Å². The number of hydrogen-bond donors (Lipinski definition) is 5. The van der Waals surface area contributed by atoms with E-state index in [-0.39, 0.29) is 18.9 Å². The Bertz CT molecular complexity index is 354. The first-order chi connectivity index (χ1) is 13.2. The number of aliphatic hydroxyl groups excluding tert-OH is 2. The summed E-state index contributed by atoms with van der Waals surface area (Å²) in [5.41, 5.74) is 0. The van der Waals surface area contributed by atoms with Gasteiger partial charge in [-0.1, -0.05) is 6.92 Å². The summed E-state index contributed by atoms with van der Waals surface area (Å²) in [5.74, 6) is 0. The van der Waals surface area contributed by atoms with Crippen LogP contribution in [0.25, 0.3) is 0 Å². The van der Waals surface area contributed by atoms with Gasteiger partial charge in [-0.25, -0.2) is 0 Å². The van der Waals surface area contributed by atoms with Crippen LogP contribution in [0.2, 0.25) is 12.1 Å². The predicted molar refractivity (Wildman–Crippen MR) is 106 cm³/mol. The molecule has 0 amide bonds. The number of epoxide rings is 1. The molecule has 2 atom stereocenters. The zero-order valence-electron chi connectivity index (χ0n) is 17.2. The minimum atomic E-state index is -3.89. The summed E-state index contributed by atoms with van der Waals surface area (Å²) in [6.45, 7) is 4.60. The smallest absolute Gasteiger partial charge is 0.396 e. The molecule has 0 aromatic carbocycles. The van der Waals surface area contributed by atoms with Gasteiger partial charge in [-0.05, 0) is 25.3 Å². The third-order valence-electron chi connectivity index (χ3n) is 4.12. The van der Waals surface area contributed by atoms with Crippen molar-refractivity contribution in [2.24, 2.45) is 0 Å². The van der Waals surface area contributed by atoms with Crippen molar-refractivity contribution in [3.63, 3.8) is 0 Å². The van der Waals surface area contributed by atoms with Gasteiger partial charge >= 0.3 is 17.4 Å². The molecule has 28 heavy (non-hydrogen) atoms. The van der Waals surface area contributed by atoms with Gasteiger partial charge in [0.15, 0.2) is 0 Å². The van der Waals surface area contributed by atoms with E-state index in [0.29, 0.717) is 38.8 Å². The van der Waals surface area contributed by atoms with Crippen molar-refractivity contribution in [3.8, 4) is 0 Å². The van der Waals surface area contributed by atoms with Crippen molar-refractivity contribution in [2.45, 2.75) is 50.5 Å². The Morgan fingerprint density at radius 1 is 1.04 bits per heavy atom. The van der Waals surface area contributed by atoms with Crippen LogP contribution >= 0.6 is 0 Å². The van der Waals surface area contributed by atoms with Gasteiger partial charge in [0.1, 0.15) is 6.10 Å². The molecule has 0 spiro atoms. The second kappa shape index (κ2) is 15.8. The molecule has 2 unspecified atom stereocenters. The lowest BCUT2D eigenvalue weighted by atomic mass is 10.3. The fraction of sp³-hybridized carbons (Fsp3) is 1.00. The topological polar surface area (TPSA) is 151 Å². The summed E-state index contributed by atoms with van der Waals surface area (Å²) >= 11 is 0. The van der Waals surface area contributed by atoms with E-state index in [9.17, 15) is 5.11 Å². The van der Waals surface area contributed by atoms with Gasteiger partial charge in [-0.3, -0.25) is 0 Å². The third-order valence-corrected chi connectivity index (χ3v) is 8.23. The van der Waals surface area contributed by atoms with Crippen molar-refractivity contribution in [1.29, 1.82) is 0 Å². The van der Waals surface area contributed by atoms with Crippen LogP contribution < -0.4 is 0 Å². The van der Waals surface area contributed by atoms with Gasteiger partial charge in [0.25, 0.3) is 0 Å². The van der Waals surface area contributed by atoms with Crippen LogP contribution in [0.4, 0.5) is 0 Å². The van der Waals surface area contributed by atoms with Crippen molar-refractivity contribution < 1.29 is 47.7 Å². The highest BCUT2D eigenvalue weighted by Crippen LogP contribution is 2.14. The molecule has 0 aliphatic carbocycles. The molecular formula is C16H38O10Si2. The standard InChI is InChI=1S/C9H20O5Si.C7H18O5Si/c1-11-15(8-10,12-2)5-3-4-13-6-9-7-14-9;1-2-7(8)6-12-4-3-5-13(9,10)11/h9-10H,3-8H2,1-2H3;7-11H,2-6H2,1H3. The molecular weight excluding hydrogens is 408 g/mol. The first-order valence-corrected chi connectivity index (χ1v) is 13.8. The molecule has 0 aromatic rings. The van der Waals surface area contributed by atoms with Gasteiger partial charge in [0.05, 0.1) is 32.2 Å². The fourth-order valence-electron chi connectivity index (χ4n) is 2.07. The first kappa shape index (κ1) is 28.0. The van der Waals surface area contributed by atoms with Crippen LogP contribution in [-0.2, 0) is 23.1 Å². The summed E-state index contributed by atoms with van der Waals surface area (Å²) in [6, 6.07) is 0.733. The molecule has 0 aromatic heterocycles. The van der Waals surface area contributed by atoms with Gasteiger partial charge in [0.2, 0.25) is 0 Å². The van der Waals surface area contributed by atoms with Crippen LogP contribution in [0.15, 0.2) is 0 Å². The molecule has 0 radical (unpaired) electrons. The second-order valence-electron chi connectivity index (χ2n) is 6.63. The SMILES string of the molecule is CCC(O)COCCC[Si](O)(O)O.CO[Si](CO)(CCCOCC1CO1)OC. The molecule has 1 fully saturated rings. The van der Waals surface area contributed by atoms with E-state index in [2.05, 4.69) is 0 Å². The minimum Gasteiger partial charge on any atom is -0.396 e. The first-order valence-electron chi connectivity index (χ1n) is 9.55. The monoisotopic (exact) mass is 446 g/mol. The van der Waals surface area contributed by atoms with E-state index in [1.807, 2.05) is 6.92 Å². The van der Waals surface area contributed by atoms with Crippen molar-refractivity contribution in [1.82, 2.24) is 0 Å². The van der Waals surface area contributed by atoms with Crippen LogP contribution in [0.3, 0.4) is 0 Å². The lowest BCUT2D eigenvalue weighted by Crippen LogP contribution is -2.44. The van der Waals surface area contributed by atoms with Gasteiger partial charge in [0, 0.05) is 33.5 Å². The van der Waals surface area contributed by atoms with Crippen molar-refractivity contribution >= 4 is 17.4 Å². The van der Waals surface area contributed by atoms with E-state index in [4.69, 9.17) is 42.6 Å². The highest BCUT2D eigenvalue weighted by Gasteiger charge is 2.34. The lowest BCUT2D eigenvalue weighted by molar-refractivity contribution is 0.0343. The molecule has 1 aliphatic rings. The Morgan fingerprint density at radius 2 is 1.61 bits per heavy atom. The normalized spacial score (nSPS) is 17.8. The largest absolute Gasteiger partial charge is 0.492 e. The second-order valence-corrected chi connectivity index (χ2v) is 12.1. The Morgan fingerprint density at radius 3 is 2.07 bits per heavy atom. The maximum Gasteiger partial charge on any atom is 0.492 e. The van der Waals surface area contributed by atoms with E-state index < -0.39 is 23.5 Å². The Labute approximate surface area is 169 Å². The maximum atomic E-state index is 9.18. The van der Waals surface area contributed by atoms with E-state index in [0.717, 1.165) is 19.1 Å².